The quantitative estimate of drug-likeness (QED) is 0.522. The summed E-state index contributed by atoms with van der Waals surface area (Å²) in [6, 6.07) is 0. The number of carbonyl (C=O) groups is 1. The number of hydrogen-bond donors (Lipinski definition) is 0. The highest BCUT2D eigenvalue weighted by Crippen LogP contribution is 2.17. The Morgan fingerprint density at radius 2 is 2.56 bits per heavy atom. The van der Waals surface area contributed by atoms with Crippen LogP contribution in [0.1, 0.15) is 12.8 Å². The minimum absolute atomic E-state index is 0.157. The average molecular weight is 132 g/mol. The third-order valence-corrected chi connectivity index (χ3v) is 1.50. The van der Waals surface area contributed by atoms with Gasteiger partial charge in [-0.15, -0.1) is 0 Å². The smallest absolute Gasteiger partial charge is 0.309 e. The molecule has 9 heavy (non-hydrogen) atoms. The molecule has 0 aromatic rings. The summed E-state index contributed by atoms with van der Waals surface area (Å²) in [5.41, 5.74) is 0. The summed E-state index contributed by atoms with van der Waals surface area (Å²) >= 11 is 0. The van der Waals surface area contributed by atoms with Gasteiger partial charge in [-0.3, -0.25) is 9.18 Å². The molecule has 0 spiro atoms. The summed E-state index contributed by atoms with van der Waals surface area (Å²) in [5.74, 6) is -0.386. The highest BCUT2D eigenvalue weighted by Gasteiger charge is 2.25. The van der Waals surface area contributed by atoms with Crippen molar-refractivity contribution in [2.45, 2.75) is 12.8 Å². The average Bonchev–Trinajstić information content (AvgIpc) is 2.18. The molecule has 1 aliphatic rings. The first-order valence-corrected chi connectivity index (χ1v) is 3.07. The van der Waals surface area contributed by atoms with Crippen LogP contribution in [0, 0.1) is 5.92 Å². The lowest BCUT2D eigenvalue weighted by Crippen LogP contribution is -2.07. The lowest BCUT2D eigenvalue weighted by atomic mass is 10.1. The summed E-state index contributed by atoms with van der Waals surface area (Å²) < 4.78 is 16.2. The molecule has 1 fully saturated rings. The zero-order valence-electron chi connectivity index (χ0n) is 5.10. The first kappa shape index (κ1) is 6.52. The van der Waals surface area contributed by atoms with Crippen LogP contribution in [-0.2, 0) is 9.53 Å². The van der Waals surface area contributed by atoms with Crippen LogP contribution in [0.25, 0.3) is 0 Å². The fourth-order valence-corrected chi connectivity index (χ4v) is 0.931. The van der Waals surface area contributed by atoms with Gasteiger partial charge in [0, 0.05) is 0 Å². The van der Waals surface area contributed by atoms with E-state index in [0.29, 0.717) is 19.4 Å². The number of esters is 1. The molecule has 1 aliphatic heterocycles. The zero-order chi connectivity index (χ0) is 6.69. The summed E-state index contributed by atoms with van der Waals surface area (Å²) in [6.07, 6.45) is 1.03. The Kier molecular flexibility index (Phi) is 2.03. The molecule has 3 heteroatoms. The molecule has 1 rings (SSSR count). The van der Waals surface area contributed by atoms with Crippen LogP contribution >= 0.6 is 0 Å². The van der Waals surface area contributed by atoms with E-state index in [0.717, 1.165) is 0 Å². The number of alkyl halides is 1. The minimum atomic E-state index is -0.417. The van der Waals surface area contributed by atoms with Gasteiger partial charge in [0.2, 0.25) is 0 Å². The lowest BCUT2D eigenvalue weighted by Gasteiger charge is -1.97. The largest absolute Gasteiger partial charge is 0.465 e. The van der Waals surface area contributed by atoms with E-state index in [1.165, 1.54) is 0 Å². The molecule has 1 saturated heterocycles. The van der Waals surface area contributed by atoms with Gasteiger partial charge in [0.1, 0.15) is 0 Å². The van der Waals surface area contributed by atoms with Crippen molar-refractivity contribution >= 4 is 5.97 Å². The molecule has 0 amide bonds. The Hall–Kier alpha value is -0.600. The fourth-order valence-electron chi connectivity index (χ4n) is 0.931. The van der Waals surface area contributed by atoms with Crippen LogP contribution < -0.4 is 0 Å². The molecule has 0 aliphatic carbocycles. The van der Waals surface area contributed by atoms with Gasteiger partial charge in [0.15, 0.2) is 0 Å². The minimum Gasteiger partial charge on any atom is -0.465 e. The van der Waals surface area contributed by atoms with Crippen LogP contribution in [0.2, 0.25) is 0 Å². The third-order valence-electron chi connectivity index (χ3n) is 1.50. The molecule has 52 valence electrons. The van der Waals surface area contributed by atoms with Crippen molar-refractivity contribution in [3.63, 3.8) is 0 Å². The van der Waals surface area contributed by atoms with Crippen molar-refractivity contribution < 1.29 is 13.9 Å². The Bertz CT molecular complexity index is 114. The second-order valence-electron chi connectivity index (χ2n) is 2.13. The third kappa shape index (κ3) is 1.40. The van der Waals surface area contributed by atoms with Gasteiger partial charge < -0.3 is 4.74 Å². The van der Waals surface area contributed by atoms with Crippen LogP contribution in [0.4, 0.5) is 4.39 Å². The Morgan fingerprint density at radius 3 is 3.00 bits per heavy atom. The van der Waals surface area contributed by atoms with Crippen LogP contribution in [0.5, 0.6) is 0 Å². The molecular weight excluding hydrogens is 123 g/mol. The predicted molar refractivity (Wildman–Crippen MR) is 29.7 cm³/mol. The number of hydrogen-bond acceptors (Lipinski definition) is 2. The first-order valence-electron chi connectivity index (χ1n) is 3.07. The molecule has 0 aromatic carbocycles. The van der Waals surface area contributed by atoms with Crippen LogP contribution in [-0.4, -0.2) is 19.3 Å². The number of ether oxygens (including phenoxy) is 1. The summed E-state index contributed by atoms with van der Waals surface area (Å²) in [5, 5.41) is 0. The van der Waals surface area contributed by atoms with E-state index >= 15 is 0 Å². The summed E-state index contributed by atoms with van der Waals surface area (Å²) in [6.45, 7) is 0.0588. The molecule has 1 heterocycles. The maximum Gasteiger partial charge on any atom is 0.309 e. The normalized spacial score (nSPS) is 26.3. The molecule has 2 nitrogen and oxygen atoms in total. The van der Waals surface area contributed by atoms with Gasteiger partial charge in [-0.25, -0.2) is 0 Å². The van der Waals surface area contributed by atoms with E-state index in [-0.39, 0.29) is 11.9 Å². The molecular formula is C6H9FO2. The Morgan fingerprint density at radius 1 is 1.78 bits per heavy atom. The molecule has 0 N–H and O–H groups in total. The molecule has 1 atom stereocenters. The second kappa shape index (κ2) is 2.80. The van der Waals surface area contributed by atoms with Gasteiger partial charge in [-0.1, -0.05) is 0 Å². The lowest BCUT2D eigenvalue weighted by molar-refractivity contribution is -0.141. The molecule has 1 unspecified atom stereocenters. The van der Waals surface area contributed by atoms with Crippen molar-refractivity contribution in [2.24, 2.45) is 5.92 Å². The van der Waals surface area contributed by atoms with Gasteiger partial charge in [-0.05, 0) is 12.8 Å². The molecule has 0 bridgehead atoms. The Balaban J connectivity index is 2.31. The summed E-state index contributed by atoms with van der Waals surface area (Å²) in [7, 11) is 0. The van der Waals surface area contributed by atoms with E-state index in [4.69, 9.17) is 0 Å². The maximum atomic E-state index is 11.6. The highest BCUT2D eigenvalue weighted by atomic mass is 19.1. The van der Waals surface area contributed by atoms with Crippen LogP contribution in [0.3, 0.4) is 0 Å². The maximum absolute atomic E-state index is 11.6. The number of rotatable bonds is 2. The Labute approximate surface area is 53.0 Å². The predicted octanol–water partition coefficient (Wildman–Crippen LogP) is 0.909. The number of carbonyl (C=O) groups excluding carboxylic acids is 1. The van der Waals surface area contributed by atoms with E-state index in [2.05, 4.69) is 4.74 Å². The second-order valence-corrected chi connectivity index (χ2v) is 2.13. The topological polar surface area (TPSA) is 26.3 Å². The van der Waals surface area contributed by atoms with Crippen molar-refractivity contribution in [1.82, 2.24) is 0 Å². The van der Waals surface area contributed by atoms with E-state index in [9.17, 15) is 9.18 Å². The zero-order valence-corrected chi connectivity index (χ0v) is 5.10. The SMILES string of the molecule is O=C1OCCC1CCF. The summed E-state index contributed by atoms with van der Waals surface area (Å²) in [4.78, 5) is 10.6. The van der Waals surface area contributed by atoms with Crippen molar-refractivity contribution in [2.75, 3.05) is 13.3 Å². The van der Waals surface area contributed by atoms with Gasteiger partial charge in [0.25, 0.3) is 0 Å². The highest BCUT2D eigenvalue weighted by molar-refractivity contribution is 5.73. The van der Waals surface area contributed by atoms with Gasteiger partial charge in [-0.2, -0.15) is 0 Å². The first-order chi connectivity index (χ1) is 4.34. The van der Waals surface area contributed by atoms with Gasteiger partial charge >= 0.3 is 5.97 Å². The van der Waals surface area contributed by atoms with Crippen molar-refractivity contribution in [3.05, 3.63) is 0 Å². The molecule has 0 saturated carbocycles. The van der Waals surface area contributed by atoms with E-state index in [1.807, 2.05) is 0 Å². The van der Waals surface area contributed by atoms with Crippen molar-refractivity contribution in [1.29, 1.82) is 0 Å². The fraction of sp³-hybridized carbons (Fsp3) is 0.833. The standard InChI is InChI=1S/C6H9FO2/c7-3-1-5-2-4-9-6(5)8/h5H,1-4H2. The monoisotopic (exact) mass is 132 g/mol. The number of cyclic esters (lactones) is 1. The van der Waals surface area contributed by atoms with Gasteiger partial charge in [0.05, 0.1) is 19.2 Å². The molecule has 0 aromatic heterocycles. The molecule has 0 radical (unpaired) electrons. The van der Waals surface area contributed by atoms with Crippen LogP contribution in [0.15, 0.2) is 0 Å². The van der Waals surface area contributed by atoms with Crippen molar-refractivity contribution in [3.8, 4) is 0 Å². The van der Waals surface area contributed by atoms with E-state index in [1.54, 1.807) is 0 Å². The number of halogens is 1. The van der Waals surface area contributed by atoms with E-state index < -0.39 is 6.67 Å².